The molecule has 0 heterocycles. The molecule has 138 valence electrons. The van der Waals surface area contributed by atoms with E-state index in [4.69, 9.17) is 4.74 Å². The molecule has 0 aliphatic heterocycles. The summed E-state index contributed by atoms with van der Waals surface area (Å²) in [7, 11) is -3.75. The van der Waals surface area contributed by atoms with Gasteiger partial charge in [0, 0.05) is 6.04 Å². The van der Waals surface area contributed by atoms with E-state index in [1.807, 2.05) is 0 Å². The number of nitrogens with zero attached hydrogens (tertiary/aromatic N) is 1. The Labute approximate surface area is 148 Å². The summed E-state index contributed by atoms with van der Waals surface area (Å²) in [5.74, 6) is -1.00. The van der Waals surface area contributed by atoms with E-state index in [9.17, 15) is 18.0 Å². The normalized spacial score (nSPS) is 15.0. The third-order valence-electron chi connectivity index (χ3n) is 4.08. The molecule has 0 spiro atoms. The maximum Gasteiger partial charge on any atom is 0.340 e. The third-order valence-corrected chi connectivity index (χ3v) is 5.20. The predicted molar refractivity (Wildman–Crippen MR) is 95.0 cm³/mol. The first-order valence-corrected chi connectivity index (χ1v) is 10.2. The average molecular weight is 368 g/mol. The maximum absolute atomic E-state index is 12.3. The van der Waals surface area contributed by atoms with Crippen molar-refractivity contribution in [1.82, 2.24) is 5.32 Å². The van der Waals surface area contributed by atoms with Crippen LogP contribution in [0.5, 0.6) is 0 Å². The summed E-state index contributed by atoms with van der Waals surface area (Å²) in [6.45, 7) is 1.48. The quantitative estimate of drug-likeness (QED) is 0.739. The highest BCUT2D eigenvalue weighted by atomic mass is 32.2. The van der Waals surface area contributed by atoms with Crippen molar-refractivity contribution < 1.29 is 22.7 Å². The molecule has 0 bridgehead atoms. The van der Waals surface area contributed by atoms with Gasteiger partial charge in [-0.25, -0.2) is 13.2 Å². The third kappa shape index (κ3) is 5.19. The second kappa shape index (κ2) is 8.33. The molecule has 1 amide bonds. The van der Waals surface area contributed by atoms with E-state index in [2.05, 4.69) is 5.32 Å². The largest absolute Gasteiger partial charge is 0.462 e. The highest BCUT2D eigenvalue weighted by molar-refractivity contribution is 7.92. The molecule has 1 N–H and O–H groups in total. The van der Waals surface area contributed by atoms with Crippen molar-refractivity contribution in [1.29, 1.82) is 0 Å². The van der Waals surface area contributed by atoms with E-state index < -0.39 is 16.0 Å². The number of carbonyl (C=O) groups is 2. The minimum atomic E-state index is -3.75. The van der Waals surface area contributed by atoms with Crippen LogP contribution < -0.4 is 9.62 Å². The van der Waals surface area contributed by atoms with Crippen molar-refractivity contribution in [2.45, 2.75) is 38.6 Å². The number of hydrogen-bond acceptors (Lipinski definition) is 5. The first kappa shape index (κ1) is 19.2. The lowest BCUT2D eigenvalue weighted by Gasteiger charge is -2.24. The van der Waals surface area contributed by atoms with Crippen LogP contribution in [0.25, 0.3) is 0 Å². The summed E-state index contributed by atoms with van der Waals surface area (Å²) in [6.07, 6.45) is 4.95. The molecule has 7 nitrogen and oxygen atoms in total. The summed E-state index contributed by atoms with van der Waals surface area (Å²) >= 11 is 0. The molecule has 1 aromatic rings. The number of rotatable bonds is 7. The highest BCUT2D eigenvalue weighted by Gasteiger charge is 2.27. The van der Waals surface area contributed by atoms with Crippen LogP contribution in [0.4, 0.5) is 5.69 Å². The van der Waals surface area contributed by atoms with Crippen molar-refractivity contribution in [2.24, 2.45) is 0 Å². The van der Waals surface area contributed by atoms with Crippen molar-refractivity contribution >= 4 is 27.6 Å². The van der Waals surface area contributed by atoms with E-state index in [0.29, 0.717) is 0 Å². The van der Waals surface area contributed by atoms with Gasteiger partial charge in [-0.15, -0.1) is 0 Å². The lowest BCUT2D eigenvalue weighted by molar-refractivity contribution is -0.120. The fourth-order valence-electron chi connectivity index (χ4n) is 2.93. The van der Waals surface area contributed by atoms with E-state index in [-0.39, 0.29) is 36.4 Å². The van der Waals surface area contributed by atoms with Crippen LogP contribution in [0.2, 0.25) is 0 Å². The van der Waals surface area contributed by atoms with Crippen LogP contribution in [0.3, 0.4) is 0 Å². The zero-order valence-corrected chi connectivity index (χ0v) is 15.3. The van der Waals surface area contributed by atoms with Gasteiger partial charge in [0.25, 0.3) is 0 Å². The van der Waals surface area contributed by atoms with Crippen LogP contribution in [-0.4, -0.2) is 45.7 Å². The van der Waals surface area contributed by atoms with Crippen LogP contribution in [-0.2, 0) is 19.6 Å². The number of benzene rings is 1. The molecule has 0 atom stereocenters. The average Bonchev–Trinajstić information content (AvgIpc) is 3.04. The molecule has 1 saturated carbocycles. The summed E-state index contributed by atoms with van der Waals surface area (Å²) in [5.41, 5.74) is 0.258. The molecule has 8 heteroatoms. The summed E-state index contributed by atoms with van der Waals surface area (Å²) in [5, 5.41) is 2.86. The number of para-hydroxylation sites is 1. The molecule has 0 aromatic heterocycles. The van der Waals surface area contributed by atoms with E-state index >= 15 is 0 Å². The Morgan fingerprint density at radius 2 is 1.88 bits per heavy atom. The Morgan fingerprint density at radius 3 is 2.48 bits per heavy atom. The van der Waals surface area contributed by atoms with E-state index in [1.165, 1.54) is 12.1 Å². The van der Waals surface area contributed by atoms with Gasteiger partial charge >= 0.3 is 5.97 Å². The van der Waals surface area contributed by atoms with Gasteiger partial charge in [0.05, 0.1) is 24.1 Å². The smallest absolute Gasteiger partial charge is 0.340 e. The van der Waals surface area contributed by atoms with Crippen LogP contribution in [0.1, 0.15) is 43.0 Å². The summed E-state index contributed by atoms with van der Waals surface area (Å²) < 4.78 is 30.4. The Hall–Kier alpha value is -2.09. The lowest BCUT2D eigenvalue weighted by Crippen LogP contribution is -2.43. The standard InChI is InChI=1S/C17H24N2O5S/c1-3-24-17(21)14-10-6-7-11-15(14)19(25(2,22)23)12-16(20)18-13-8-4-5-9-13/h6-7,10-11,13H,3-5,8-9,12H2,1-2H3,(H,18,20). The topological polar surface area (TPSA) is 92.8 Å². The zero-order valence-electron chi connectivity index (χ0n) is 14.5. The molecule has 1 aliphatic carbocycles. The van der Waals surface area contributed by atoms with Gasteiger partial charge in [-0.05, 0) is 31.9 Å². The van der Waals surface area contributed by atoms with Gasteiger partial charge in [-0.3, -0.25) is 9.10 Å². The minimum absolute atomic E-state index is 0.0919. The molecule has 0 saturated heterocycles. The Kier molecular flexibility index (Phi) is 6.41. The van der Waals surface area contributed by atoms with Gasteiger partial charge < -0.3 is 10.1 Å². The van der Waals surface area contributed by atoms with Crippen molar-refractivity contribution in [3.63, 3.8) is 0 Å². The maximum atomic E-state index is 12.3. The first-order chi connectivity index (χ1) is 11.8. The van der Waals surface area contributed by atoms with Crippen molar-refractivity contribution in [3.8, 4) is 0 Å². The van der Waals surface area contributed by atoms with Gasteiger partial charge in [0.15, 0.2) is 0 Å². The van der Waals surface area contributed by atoms with Crippen molar-refractivity contribution in [2.75, 3.05) is 23.7 Å². The molecule has 1 fully saturated rings. The van der Waals surface area contributed by atoms with Gasteiger partial charge in [-0.1, -0.05) is 25.0 Å². The summed E-state index contributed by atoms with van der Waals surface area (Å²) in [4.78, 5) is 24.4. The number of nitrogens with one attached hydrogen (secondary N) is 1. The Morgan fingerprint density at radius 1 is 1.24 bits per heavy atom. The number of amides is 1. The van der Waals surface area contributed by atoms with Crippen LogP contribution in [0.15, 0.2) is 24.3 Å². The molecule has 25 heavy (non-hydrogen) atoms. The Bertz CT molecular complexity index is 726. The van der Waals surface area contributed by atoms with Gasteiger partial charge in [0.1, 0.15) is 6.54 Å². The predicted octanol–water partition coefficient (Wildman–Crippen LogP) is 1.69. The minimum Gasteiger partial charge on any atom is -0.462 e. The number of sulfonamides is 1. The molecule has 0 unspecified atom stereocenters. The number of anilines is 1. The monoisotopic (exact) mass is 368 g/mol. The number of carbonyl (C=O) groups excluding carboxylic acids is 2. The number of esters is 1. The number of hydrogen-bond donors (Lipinski definition) is 1. The molecule has 1 aliphatic rings. The summed E-state index contributed by atoms with van der Waals surface area (Å²) in [6, 6.07) is 6.31. The first-order valence-electron chi connectivity index (χ1n) is 8.36. The fourth-order valence-corrected chi connectivity index (χ4v) is 3.80. The number of ether oxygens (including phenoxy) is 1. The highest BCUT2D eigenvalue weighted by Crippen LogP contribution is 2.24. The van der Waals surface area contributed by atoms with E-state index in [0.717, 1.165) is 36.2 Å². The van der Waals surface area contributed by atoms with E-state index in [1.54, 1.807) is 19.1 Å². The van der Waals surface area contributed by atoms with Gasteiger partial charge in [0.2, 0.25) is 15.9 Å². The molecule has 0 radical (unpaired) electrons. The fraction of sp³-hybridized carbons (Fsp3) is 0.529. The SMILES string of the molecule is CCOC(=O)c1ccccc1N(CC(=O)NC1CCCC1)S(C)(=O)=O. The molecular weight excluding hydrogens is 344 g/mol. The second-order valence-electron chi connectivity index (χ2n) is 6.06. The molecule has 2 rings (SSSR count). The van der Waals surface area contributed by atoms with Crippen molar-refractivity contribution in [3.05, 3.63) is 29.8 Å². The van der Waals surface area contributed by atoms with Crippen LogP contribution >= 0.6 is 0 Å². The Balaban J connectivity index is 2.26. The van der Waals surface area contributed by atoms with Gasteiger partial charge in [-0.2, -0.15) is 0 Å². The van der Waals surface area contributed by atoms with Crippen LogP contribution in [0, 0.1) is 0 Å². The lowest BCUT2D eigenvalue weighted by atomic mass is 10.2. The molecule has 1 aromatic carbocycles. The zero-order chi connectivity index (χ0) is 18.4. The second-order valence-corrected chi connectivity index (χ2v) is 7.96. The molecular formula is C17H24N2O5S.